The van der Waals surface area contributed by atoms with E-state index in [0.29, 0.717) is 23.2 Å². The van der Waals surface area contributed by atoms with Crippen molar-refractivity contribution in [1.29, 1.82) is 0 Å². The van der Waals surface area contributed by atoms with Crippen molar-refractivity contribution in [2.45, 2.75) is 45.6 Å². The van der Waals surface area contributed by atoms with Crippen molar-refractivity contribution in [2.24, 2.45) is 7.05 Å². The molecule has 0 aliphatic heterocycles. The molecule has 1 atom stereocenters. The van der Waals surface area contributed by atoms with E-state index in [0.717, 1.165) is 17.5 Å². The predicted molar refractivity (Wildman–Crippen MR) is 100.0 cm³/mol. The van der Waals surface area contributed by atoms with Gasteiger partial charge in [0.15, 0.2) is 17.1 Å². The van der Waals surface area contributed by atoms with E-state index in [-0.39, 0.29) is 6.04 Å². The van der Waals surface area contributed by atoms with E-state index in [4.69, 9.17) is 4.42 Å². The highest BCUT2D eigenvalue weighted by atomic mass is 16.3. The molecule has 0 fully saturated rings. The lowest BCUT2D eigenvalue weighted by Gasteiger charge is -2.14. The zero-order valence-electron chi connectivity index (χ0n) is 15.3. The molecule has 4 heterocycles. The quantitative estimate of drug-likeness (QED) is 0.510. The van der Waals surface area contributed by atoms with Crippen molar-refractivity contribution in [3.8, 4) is 11.6 Å². The summed E-state index contributed by atoms with van der Waals surface area (Å²) in [7, 11) is 1.88. The van der Waals surface area contributed by atoms with Crippen LogP contribution in [0, 0.1) is 0 Å². The maximum atomic E-state index is 5.45. The first-order valence-electron chi connectivity index (χ1n) is 9.06. The lowest BCUT2D eigenvalue weighted by atomic mass is 10.1. The molecule has 1 N–H and O–H groups in total. The first-order chi connectivity index (χ1) is 12.7. The Balaban J connectivity index is 1.77. The highest BCUT2D eigenvalue weighted by Gasteiger charge is 2.18. The van der Waals surface area contributed by atoms with Crippen LogP contribution in [0.3, 0.4) is 0 Å². The third-order valence-electron chi connectivity index (χ3n) is 4.43. The maximum absolute atomic E-state index is 5.45. The summed E-state index contributed by atoms with van der Waals surface area (Å²) >= 11 is 0. The standard InChI is InChI=1S/C18H23N7O/c1-4-5-6-8-12(2)19-18-21-15-13(11-24(3)22-15)17-20-16(23-25(17)18)14-9-7-10-26-14/h7,9-12H,4-6,8H2,1-3H3,(H,19,21,22). The Hall–Kier alpha value is -2.90. The number of rotatable bonds is 7. The Morgan fingerprint density at radius 2 is 2.12 bits per heavy atom. The third kappa shape index (κ3) is 3.02. The molecule has 0 saturated carbocycles. The molecule has 4 aromatic rings. The van der Waals surface area contributed by atoms with E-state index < -0.39 is 0 Å². The molecule has 0 aromatic carbocycles. The summed E-state index contributed by atoms with van der Waals surface area (Å²) in [4.78, 5) is 9.34. The Labute approximate surface area is 151 Å². The molecular weight excluding hydrogens is 330 g/mol. The topological polar surface area (TPSA) is 86.1 Å². The molecule has 0 saturated heterocycles. The maximum Gasteiger partial charge on any atom is 0.228 e. The summed E-state index contributed by atoms with van der Waals surface area (Å²) in [5.74, 6) is 1.82. The van der Waals surface area contributed by atoms with E-state index in [1.165, 1.54) is 19.3 Å². The van der Waals surface area contributed by atoms with Gasteiger partial charge in [-0.25, -0.2) is 4.98 Å². The van der Waals surface area contributed by atoms with Crippen molar-refractivity contribution in [3.05, 3.63) is 24.6 Å². The fourth-order valence-electron chi connectivity index (χ4n) is 3.10. The predicted octanol–water partition coefficient (Wildman–Crippen LogP) is 3.65. The summed E-state index contributed by atoms with van der Waals surface area (Å²) in [6, 6.07) is 3.96. The van der Waals surface area contributed by atoms with Crippen LogP contribution >= 0.6 is 0 Å². The molecule has 0 aliphatic rings. The molecule has 1 unspecified atom stereocenters. The molecule has 4 aromatic heterocycles. The Bertz CT molecular complexity index is 1020. The van der Waals surface area contributed by atoms with Gasteiger partial charge in [0.2, 0.25) is 11.8 Å². The van der Waals surface area contributed by atoms with Gasteiger partial charge in [0.05, 0.1) is 11.6 Å². The summed E-state index contributed by atoms with van der Waals surface area (Å²) < 4.78 is 8.94. The first kappa shape index (κ1) is 16.6. The summed E-state index contributed by atoms with van der Waals surface area (Å²) in [5, 5.41) is 13.4. The van der Waals surface area contributed by atoms with E-state index in [2.05, 4.69) is 39.3 Å². The van der Waals surface area contributed by atoms with E-state index in [1.807, 2.05) is 25.4 Å². The van der Waals surface area contributed by atoms with Gasteiger partial charge in [-0.15, -0.1) is 5.10 Å². The number of aryl methyl sites for hydroxylation is 1. The molecule has 8 heteroatoms. The number of nitrogens with one attached hydrogen (secondary N) is 1. The van der Waals surface area contributed by atoms with Crippen molar-refractivity contribution in [1.82, 2.24) is 29.4 Å². The van der Waals surface area contributed by atoms with Crippen LogP contribution in [0.1, 0.15) is 39.5 Å². The van der Waals surface area contributed by atoms with Crippen molar-refractivity contribution in [3.63, 3.8) is 0 Å². The van der Waals surface area contributed by atoms with Crippen LogP contribution in [-0.4, -0.2) is 35.4 Å². The average molecular weight is 353 g/mol. The second kappa shape index (κ2) is 6.78. The monoisotopic (exact) mass is 353 g/mol. The zero-order valence-corrected chi connectivity index (χ0v) is 15.3. The molecule has 0 bridgehead atoms. The lowest BCUT2D eigenvalue weighted by molar-refractivity contribution is 0.577. The largest absolute Gasteiger partial charge is 0.461 e. The average Bonchev–Trinajstić information content (AvgIpc) is 3.33. The Morgan fingerprint density at radius 1 is 1.23 bits per heavy atom. The summed E-state index contributed by atoms with van der Waals surface area (Å²) in [5.41, 5.74) is 1.37. The molecular formula is C18H23N7O. The van der Waals surface area contributed by atoms with Gasteiger partial charge < -0.3 is 9.73 Å². The van der Waals surface area contributed by atoms with Gasteiger partial charge in [-0.2, -0.15) is 14.6 Å². The number of aromatic nitrogens is 6. The van der Waals surface area contributed by atoms with Gasteiger partial charge >= 0.3 is 0 Å². The third-order valence-corrected chi connectivity index (χ3v) is 4.43. The molecule has 26 heavy (non-hydrogen) atoms. The van der Waals surface area contributed by atoms with E-state index >= 15 is 0 Å². The molecule has 0 radical (unpaired) electrons. The van der Waals surface area contributed by atoms with Gasteiger partial charge in [-0.05, 0) is 25.5 Å². The number of furan rings is 1. The normalized spacial score (nSPS) is 12.9. The number of nitrogens with zero attached hydrogens (tertiary/aromatic N) is 6. The fourth-order valence-corrected chi connectivity index (χ4v) is 3.10. The minimum absolute atomic E-state index is 0.287. The van der Waals surface area contributed by atoms with Gasteiger partial charge in [0, 0.05) is 19.3 Å². The summed E-state index contributed by atoms with van der Waals surface area (Å²) in [6.07, 6.45) is 8.25. The van der Waals surface area contributed by atoms with Gasteiger partial charge in [0.25, 0.3) is 0 Å². The van der Waals surface area contributed by atoms with Crippen molar-refractivity contribution in [2.75, 3.05) is 5.32 Å². The number of hydrogen-bond donors (Lipinski definition) is 1. The second-order valence-electron chi connectivity index (χ2n) is 6.66. The van der Waals surface area contributed by atoms with Gasteiger partial charge in [0.1, 0.15) is 0 Å². The minimum Gasteiger partial charge on any atom is -0.461 e. The number of fused-ring (bicyclic) bond motifs is 3. The molecule has 136 valence electrons. The highest BCUT2D eigenvalue weighted by Crippen LogP contribution is 2.24. The van der Waals surface area contributed by atoms with Crippen LogP contribution in [-0.2, 0) is 7.05 Å². The lowest BCUT2D eigenvalue weighted by Crippen LogP contribution is -2.18. The van der Waals surface area contributed by atoms with E-state index in [1.54, 1.807) is 15.5 Å². The Kier molecular flexibility index (Phi) is 4.32. The molecule has 0 spiro atoms. The molecule has 4 rings (SSSR count). The van der Waals surface area contributed by atoms with Gasteiger partial charge in [-0.1, -0.05) is 26.2 Å². The molecule has 0 amide bonds. The van der Waals surface area contributed by atoms with Crippen LogP contribution in [0.25, 0.3) is 28.3 Å². The zero-order chi connectivity index (χ0) is 18.1. The smallest absolute Gasteiger partial charge is 0.228 e. The number of anilines is 1. The van der Waals surface area contributed by atoms with E-state index in [9.17, 15) is 0 Å². The molecule has 8 nitrogen and oxygen atoms in total. The second-order valence-corrected chi connectivity index (χ2v) is 6.66. The highest BCUT2D eigenvalue weighted by molar-refractivity contribution is 5.90. The fraction of sp³-hybridized carbons (Fsp3) is 0.444. The van der Waals surface area contributed by atoms with Gasteiger partial charge in [-0.3, -0.25) is 4.68 Å². The molecule has 0 aliphatic carbocycles. The number of unbranched alkanes of at least 4 members (excludes halogenated alkanes) is 2. The number of hydrogen-bond acceptors (Lipinski definition) is 6. The van der Waals surface area contributed by atoms with Crippen LogP contribution < -0.4 is 5.32 Å². The van der Waals surface area contributed by atoms with Crippen molar-refractivity contribution >= 4 is 22.6 Å². The van der Waals surface area contributed by atoms with Crippen LogP contribution in [0.5, 0.6) is 0 Å². The van der Waals surface area contributed by atoms with Crippen LogP contribution in [0.2, 0.25) is 0 Å². The minimum atomic E-state index is 0.287. The summed E-state index contributed by atoms with van der Waals surface area (Å²) in [6.45, 7) is 4.37. The first-order valence-corrected chi connectivity index (χ1v) is 9.06. The van der Waals surface area contributed by atoms with Crippen molar-refractivity contribution < 1.29 is 4.42 Å². The van der Waals surface area contributed by atoms with Crippen LogP contribution in [0.4, 0.5) is 5.95 Å². The SMILES string of the molecule is CCCCCC(C)Nc1nc2nn(C)cc2c2nc(-c3ccco3)nn12. The Morgan fingerprint density at radius 3 is 2.88 bits per heavy atom. The van der Waals surface area contributed by atoms with Crippen LogP contribution in [0.15, 0.2) is 29.0 Å².